The SMILES string of the molecule is CCSc1nnc(NC(=O)c2ccc(C(F)(F)F)cc2)s1. The Labute approximate surface area is 126 Å². The number of anilines is 1. The highest BCUT2D eigenvalue weighted by Gasteiger charge is 2.30. The molecule has 1 N–H and O–H groups in total. The van der Waals surface area contributed by atoms with Crippen molar-refractivity contribution >= 4 is 34.1 Å². The fourth-order valence-corrected chi connectivity index (χ4v) is 3.07. The Hall–Kier alpha value is -1.61. The molecule has 0 aliphatic rings. The van der Waals surface area contributed by atoms with Gasteiger partial charge in [-0.2, -0.15) is 13.2 Å². The smallest absolute Gasteiger partial charge is 0.296 e. The minimum absolute atomic E-state index is 0.128. The third kappa shape index (κ3) is 4.18. The lowest BCUT2D eigenvalue weighted by Crippen LogP contribution is -2.12. The highest BCUT2D eigenvalue weighted by molar-refractivity contribution is 8.01. The molecule has 0 atom stereocenters. The van der Waals surface area contributed by atoms with Gasteiger partial charge in [0.05, 0.1) is 5.56 Å². The molecule has 21 heavy (non-hydrogen) atoms. The van der Waals surface area contributed by atoms with Crippen LogP contribution in [0, 0.1) is 0 Å². The largest absolute Gasteiger partial charge is 0.416 e. The Morgan fingerprint density at radius 1 is 1.29 bits per heavy atom. The summed E-state index contributed by atoms with van der Waals surface area (Å²) in [5.41, 5.74) is -0.667. The summed E-state index contributed by atoms with van der Waals surface area (Å²) in [6.07, 6.45) is -4.42. The molecule has 1 heterocycles. The molecule has 0 saturated heterocycles. The van der Waals surface area contributed by atoms with E-state index in [1.54, 1.807) is 0 Å². The van der Waals surface area contributed by atoms with Crippen LogP contribution in [-0.2, 0) is 6.18 Å². The van der Waals surface area contributed by atoms with E-state index in [0.717, 1.165) is 34.4 Å². The lowest BCUT2D eigenvalue weighted by molar-refractivity contribution is -0.137. The van der Waals surface area contributed by atoms with E-state index < -0.39 is 17.6 Å². The summed E-state index contributed by atoms with van der Waals surface area (Å²) in [5.74, 6) is 0.314. The van der Waals surface area contributed by atoms with Crippen molar-refractivity contribution in [3.05, 3.63) is 35.4 Å². The minimum Gasteiger partial charge on any atom is -0.296 e. The number of amides is 1. The first-order valence-corrected chi connectivity index (χ1v) is 7.65. The number of aromatic nitrogens is 2. The third-order valence-electron chi connectivity index (χ3n) is 2.37. The van der Waals surface area contributed by atoms with Gasteiger partial charge in [0.2, 0.25) is 5.13 Å². The molecule has 1 amide bonds. The van der Waals surface area contributed by atoms with Gasteiger partial charge < -0.3 is 0 Å². The molecule has 0 fully saturated rings. The van der Waals surface area contributed by atoms with Crippen LogP contribution in [-0.4, -0.2) is 21.9 Å². The van der Waals surface area contributed by atoms with Crippen molar-refractivity contribution in [2.45, 2.75) is 17.4 Å². The van der Waals surface area contributed by atoms with E-state index in [2.05, 4.69) is 15.5 Å². The van der Waals surface area contributed by atoms with E-state index in [9.17, 15) is 18.0 Å². The molecule has 1 aromatic heterocycles. The molecule has 0 spiro atoms. The third-order valence-corrected chi connectivity index (χ3v) is 4.22. The van der Waals surface area contributed by atoms with Gasteiger partial charge in [0.25, 0.3) is 5.91 Å². The number of halogens is 3. The summed E-state index contributed by atoms with van der Waals surface area (Å²) in [5, 5.41) is 10.5. The Balaban J connectivity index is 2.06. The van der Waals surface area contributed by atoms with E-state index in [1.807, 2.05) is 6.92 Å². The Morgan fingerprint density at radius 3 is 2.52 bits per heavy atom. The first-order chi connectivity index (χ1) is 9.90. The van der Waals surface area contributed by atoms with Crippen LogP contribution < -0.4 is 5.32 Å². The van der Waals surface area contributed by atoms with Gasteiger partial charge in [0, 0.05) is 5.56 Å². The van der Waals surface area contributed by atoms with Crippen LogP contribution in [0.4, 0.5) is 18.3 Å². The molecule has 9 heteroatoms. The lowest BCUT2D eigenvalue weighted by Gasteiger charge is -2.07. The van der Waals surface area contributed by atoms with Crippen molar-refractivity contribution in [1.29, 1.82) is 0 Å². The van der Waals surface area contributed by atoms with Crippen molar-refractivity contribution in [3.63, 3.8) is 0 Å². The normalized spacial score (nSPS) is 11.4. The summed E-state index contributed by atoms with van der Waals surface area (Å²) in [4.78, 5) is 11.9. The molecule has 0 unspecified atom stereocenters. The van der Waals surface area contributed by atoms with E-state index in [-0.39, 0.29) is 5.56 Å². The van der Waals surface area contributed by atoms with Crippen LogP contribution in [0.25, 0.3) is 0 Å². The molecule has 2 rings (SSSR count). The van der Waals surface area contributed by atoms with Crippen LogP contribution in [0.3, 0.4) is 0 Å². The second-order valence-corrected chi connectivity index (χ2v) is 6.32. The molecule has 0 aliphatic heterocycles. The Kier molecular flexibility index (Phi) is 4.84. The number of hydrogen-bond acceptors (Lipinski definition) is 5. The zero-order chi connectivity index (χ0) is 15.5. The first-order valence-electron chi connectivity index (χ1n) is 5.85. The maximum atomic E-state index is 12.4. The number of nitrogens with one attached hydrogen (secondary N) is 1. The number of carbonyl (C=O) groups is 1. The van der Waals surface area contributed by atoms with Gasteiger partial charge in [-0.25, -0.2) is 0 Å². The average molecular weight is 333 g/mol. The van der Waals surface area contributed by atoms with Crippen LogP contribution in [0.1, 0.15) is 22.8 Å². The molecule has 2 aromatic rings. The number of nitrogens with zero attached hydrogens (tertiary/aromatic N) is 2. The zero-order valence-corrected chi connectivity index (χ0v) is 12.4. The summed E-state index contributed by atoms with van der Waals surface area (Å²) in [6.45, 7) is 1.96. The van der Waals surface area contributed by atoms with Crippen molar-refractivity contribution in [1.82, 2.24) is 10.2 Å². The summed E-state index contributed by atoms with van der Waals surface area (Å²) >= 11 is 2.71. The number of alkyl halides is 3. The molecule has 4 nitrogen and oxygen atoms in total. The molecular weight excluding hydrogens is 323 g/mol. The second-order valence-electron chi connectivity index (χ2n) is 3.84. The minimum atomic E-state index is -4.42. The molecule has 0 aliphatic carbocycles. The number of thioether (sulfide) groups is 1. The quantitative estimate of drug-likeness (QED) is 0.680. The zero-order valence-electron chi connectivity index (χ0n) is 10.8. The van der Waals surface area contributed by atoms with Crippen molar-refractivity contribution in [3.8, 4) is 0 Å². The topological polar surface area (TPSA) is 54.9 Å². The van der Waals surface area contributed by atoms with Gasteiger partial charge in [-0.05, 0) is 30.0 Å². The predicted molar refractivity (Wildman–Crippen MR) is 75.7 cm³/mol. The predicted octanol–water partition coefficient (Wildman–Crippen LogP) is 3.92. The Morgan fingerprint density at radius 2 is 1.95 bits per heavy atom. The highest BCUT2D eigenvalue weighted by Crippen LogP contribution is 2.29. The van der Waals surface area contributed by atoms with Gasteiger partial charge in [-0.3, -0.25) is 10.1 Å². The van der Waals surface area contributed by atoms with Crippen LogP contribution >= 0.6 is 23.1 Å². The van der Waals surface area contributed by atoms with Crippen molar-refractivity contribution in [2.24, 2.45) is 0 Å². The molecular formula is C12H10F3N3OS2. The maximum Gasteiger partial charge on any atom is 0.416 e. The van der Waals surface area contributed by atoms with Gasteiger partial charge in [0.15, 0.2) is 4.34 Å². The average Bonchev–Trinajstić information content (AvgIpc) is 2.86. The lowest BCUT2D eigenvalue weighted by atomic mass is 10.1. The van der Waals surface area contributed by atoms with Crippen LogP contribution in [0.15, 0.2) is 28.6 Å². The second kappa shape index (κ2) is 6.44. The molecule has 0 radical (unpaired) electrons. The molecule has 1 aromatic carbocycles. The van der Waals surface area contributed by atoms with E-state index in [0.29, 0.717) is 5.13 Å². The molecule has 0 bridgehead atoms. The maximum absolute atomic E-state index is 12.4. The van der Waals surface area contributed by atoms with E-state index >= 15 is 0 Å². The Bertz CT molecular complexity index is 625. The van der Waals surface area contributed by atoms with E-state index in [1.165, 1.54) is 23.1 Å². The standard InChI is InChI=1S/C12H10F3N3OS2/c1-2-20-11-18-17-10(21-11)16-9(19)7-3-5-8(6-4-7)12(13,14)15/h3-6H,2H2,1H3,(H,16,17,19). The molecule has 112 valence electrons. The van der Waals surface area contributed by atoms with Crippen LogP contribution in [0.5, 0.6) is 0 Å². The molecule has 0 saturated carbocycles. The van der Waals surface area contributed by atoms with Gasteiger partial charge in [0.1, 0.15) is 0 Å². The van der Waals surface area contributed by atoms with Crippen molar-refractivity contribution < 1.29 is 18.0 Å². The number of rotatable bonds is 4. The fraction of sp³-hybridized carbons (Fsp3) is 0.250. The summed E-state index contributed by atoms with van der Waals surface area (Å²) < 4.78 is 38.0. The van der Waals surface area contributed by atoms with Crippen LogP contribution in [0.2, 0.25) is 0 Å². The van der Waals surface area contributed by atoms with Crippen molar-refractivity contribution in [2.75, 3.05) is 11.1 Å². The van der Waals surface area contributed by atoms with Gasteiger partial charge in [-0.15, -0.1) is 10.2 Å². The first kappa shape index (κ1) is 15.8. The van der Waals surface area contributed by atoms with E-state index in [4.69, 9.17) is 0 Å². The number of carbonyl (C=O) groups excluding carboxylic acids is 1. The summed E-state index contributed by atoms with van der Waals surface area (Å²) in [7, 11) is 0. The fourth-order valence-electron chi connectivity index (χ4n) is 1.42. The number of hydrogen-bond donors (Lipinski definition) is 1. The van der Waals surface area contributed by atoms with Gasteiger partial charge in [-0.1, -0.05) is 30.0 Å². The monoisotopic (exact) mass is 333 g/mol. The number of benzene rings is 1. The van der Waals surface area contributed by atoms with Gasteiger partial charge >= 0.3 is 6.18 Å². The highest BCUT2D eigenvalue weighted by atomic mass is 32.2. The summed E-state index contributed by atoms with van der Waals surface area (Å²) in [6, 6.07) is 3.99.